The molecule has 2 rings (SSSR count). The van der Waals surface area contributed by atoms with Gasteiger partial charge in [0.05, 0.1) is 11.4 Å². The number of carbonyl (C=O) groups is 2. The van der Waals surface area contributed by atoms with Crippen molar-refractivity contribution in [3.63, 3.8) is 0 Å². The van der Waals surface area contributed by atoms with Crippen LogP contribution in [-0.2, 0) is 4.79 Å². The first-order valence-electron chi connectivity index (χ1n) is 5.82. The number of benzene rings is 1. The number of hydrogen-bond donors (Lipinski definition) is 1. The number of carbonyl (C=O) groups excluding carboxylic acids is 2. The number of nitrogens with zero attached hydrogens (tertiary/aromatic N) is 1. The standard InChI is InChI=1S/C13H15NO3S/c1-9(16)10-3-4-11-12(7-10)18-8-13(17)14(11)5-2-6-15/h3-4,7,15H,2,5-6,8H2,1H3. The van der Waals surface area contributed by atoms with Gasteiger partial charge in [0.15, 0.2) is 5.78 Å². The molecule has 1 aromatic carbocycles. The Bertz CT molecular complexity index is 487. The lowest BCUT2D eigenvalue weighted by atomic mass is 10.1. The molecule has 0 unspecified atom stereocenters. The number of anilines is 1. The summed E-state index contributed by atoms with van der Waals surface area (Å²) in [6, 6.07) is 5.39. The van der Waals surface area contributed by atoms with Crippen molar-refractivity contribution >= 4 is 29.1 Å². The molecule has 0 radical (unpaired) electrons. The van der Waals surface area contributed by atoms with Gasteiger partial charge in [0.1, 0.15) is 0 Å². The third-order valence-corrected chi connectivity index (χ3v) is 3.88. The maximum absolute atomic E-state index is 11.8. The van der Waals surface area contributed by atoms with Crippen LogP contribution >= 0.6 is 11.8 Å². The second-order valence-corrected chi connectivity index (χ2v) is 5.17. The highest BCUT2D eigenvalue weighted by Gasteiger charge is 2.24. The van der Waals surface area contributed by atoms with Crippen LogP contribution in [0, 0.1) is 0 Å². The molecule has 1 aliphatic rings. The summed E-state index contributed by atoms with van der Waals surface area (Å²) in [7, 11) is 0. The zero-order chi connectivity index (χ0) is 13.1. The van der Waals surface area contributed by atoms with Gasteiger partial charge in [0.2, 0.25) is 5.91 Å². The molecule has 18 heavy (non-hydrogen) atoms. The first-order valence-corrected chi connectivity index (χ1v) is 6.81. The number of aliphatic hydroxyl groups is 1. The molecule has 0 atom stereocenters. The summed E-state index contributed by atoms with van der Waals surface area (Å²) in [6.45, 7) is 2.12. The molecule has 1 N–H and O–H groups in total. The number of rotatable bonds is 4. The lowest BCUT2D eigenvalue weighted by Crippen LogP contribution is -2.36. The molecule has 1 aliphatic heterocycles. The predicted molar refractivity (Wildman–Crippen MR) is 71.2 cm³/mol. The Kier molecular flexibility index (Phi) is 4.04. The van der Waals surface area contributed by atoms with E-state index in [0.29, 0.717) is 24.3 Å². The third-order valence-electron chi connectivity index (χ3n) is 2.85. The molecule has 0 saturated heterocycles. The first-order chi connectivity index (χ1) is 8.63. The Hall–Kier alpha value is -1.33. The normalized spacial score (nSPS) is 14.6. The van der Waals surface area contributed by atoms with Crippen molar-refractivity contribution in [3.8, 4) is 0 Å². The molecule has 1 heterocycles. The second kappa shape index (κ2) is 5.54. The number of ketones is 1. The molecular formula is C13H15NO3S. The minimum Gasteiger partial charge on any atom is -0.396 e. The predicted octanol–water partition coefficient (Wildman–Crippen LogP) is 1.71. The largest absolute Gasteiger partial charge is 0.396 e. The Morgan fingerprint density at radius 3 is 2.94 bits per heavy atom. The van der Waals surface area contributed by atoms with Gasteiger partial charge in [0.25, 0.3) is 0 Å². The van der Waals surface area contributed by atoms with E-state index in [9.17, 15) is 9.59 Å². The zero-order valence-electron chi connectivity index (χ0n) is 10.2. The average molecular weight is 265 g/mol. The molecule has 5 heteroatoms. The van der Waals surface area contributed by atoms with Crippen LogP contribution in [0.4, 0.5) is 5.69 Å². The van der Waals surface area contributed by atoms with Crippen LogP contribution in [0.2, 0.25) is 0 Å². The fourth-order valence-electron chi connectivity index (χ4n) is 1.90. The minimum atomic E-state index is 0.0252. The number of hydrogen-bond acceptors (Lipinski definition) is 4. The Morgan fingerprint density at radius 2 is 2.28 bits per heavy atom. The fraction of sp³-hybridized carbons (Fsp3) is 0.385. The number of thioether (sulfide) groups is 1. The summed E-state index contributed by atoms with van der Waals surface area (Å²) < 4.78 is 0. The average Bonchev–Trinajstić information content (AvgIpc) is 2.37. The van der Waals surface area contributed by atoms with E-state index in [1.165, 1.54) is 18.7 Å². The van der Waals surface area contributed by atoms with Gasteiger partial charge in [-0.2, -0.15) is 0 Å². The maximum Gasteiger partial charge on any atom is 0.237 e. The van der Waals surface area contributed by atoms with Gasteiger partial charge in [-0.25, -0.2) is 0 Å². The van der Waals surface area contributed by atoms with Gasteiger partial charge in [-0.1, -0.05) is 0 Å². The van der Waals surface area contributed by atoms with Crippen molar-refractivity contribution in [1.82, 2.24) is 0 Å². The molecule has 4 nitrogen and oxygen atoms in total. The molecule has 0 spiro atoms. The van der Waals surface area contributed by atoms with Crippen molar-refractivity contribution in [3.05, 3.63) is 23.8 Å². The highest BCUT2D eigenvalue weighted by molar-refractivity contribution is 8.00. The fourth-order valence-corrected chi connectivity index (χ4v) is 2.87. The quantitative estimate of drug-likeness (QED) is 0.842. The third kappa shape index (κ3) is 2.57. The van der Waals surface area contributed by atoms with E-state index in [1.54, 1.807) is 11.0 Å². The van der Waals surface area contributed by atoms with Crippen molar-refractivity contribution in [2.24, 2.45) is 0 Å². The Morgan fingerprint density at radius 1 is 1.50 bits per heavy atom. The molecular weight excluding hydrogens is 250 g/mol. The highest BCUT2D eigenvalue weighted by atomic mass is 32.2. The highest BCUT2D eigenvalue weighted by Crippen LogP contribution is 2.36. The molecule has 0 fully saturated rings. The van der Waals surface area contributed by atoms with E-state index in [-0.39, 0.29) is 18.3 Å². The lowest BCUT2D eigenvalue weighted by Gasteiger charge is -2.29. The number of fused-ring (bicyclic) bond motifs is 1. The SMILES string of the molecule is CC(=O)c1ccc2c(c1)SCC(=O)N2CCCO. The molecule has 0 aromatic heterocycles. The van der Waals surface area contributed by atoms with Crippen molar-refractivity contribution in [2.75, 3.05) is 23.8 Å². The van der Waals surface area contributed by atoms with Crippen molar-refractivity contribution < 1.29 is 14.7 Å². The van der Waals surface area contributed by atoms with Crippen LogP contribution in [0.1, 0.15) is 23.7 Å². The summed E-state index contributed by atoms with van der Waals surface area (Å²) in [6.07, 6.45) is 0.560. The van der Waals surface area contributed by atoms with Gasteiger partial charge < -0.3 is 10.0 Å². The zero-order valence-corrected chi connectivity index (χ0v) is 11.0. The van der Waals surface area contributed by atoms with Crippen LogP contribution in [0.15, 0.2) is 23.1 Å². The summed E-state index contributed by atoms with van der Waals surface area (Å²) in [5.41, 5.74) is 1.51. The first kappa shape index (κ1) is 13.1. The Labute approximate surface area is 110 Å². The van der Waals surface area contributed by atoms with Gasteiger partial charge in [-0.05, 0) is 31.5 Å². The molecule has 1 aromatic rings. The van der Waals surface area contributed by atoms with Gasteiger partial charge in [-0.3, -0.25) is 9.59 Å². The van der Waals surface area contributed by atoms with Crippen LogP contribution in [-0.4, -0.2) is 35.7 Å². The van der Waals surface area contributed by atoms with E-state index in [0.717, 1.165) is 10.6 Å². The molecule has 0 aliphatic carbocycles. The summed E-state index contributed by atoms with van der Waals surface area (Å²) >= 11 is 1.46. The van der Waals surface area contributed by atoms with Crippen LogP contribution in [0.5, 0.6) is 0 Å². The van der Waals surface area contributed by atoms with Crippen LogP contribution < -0.4 is 4.90 Å². The van der Waals surface area contributed by atoms with E-state index in [1.807, 2.05) is 12.1 Å². The summed E-state index contributed by atoms with van der Waals surface area (Å²) in [4.78, 5) is 25.8. The van der Waals surface area contributed by atoms with E-state index < -0.39 is 0 Å². The van der Waals surface area contributed by atoms with E-state index >= 15 is 0 Å². The molecule has 1 amide bonds. The molecule has 0 saturated carbocycles. The number of Topliss-reactive ketones (excluding diaryl/α,β-unsaturated/α-hetero) is 1. The second-order valence-electron chi connectivity index (χ2n) is 4.15. The smallest absolute Gasteiger partial charge is 0.237 e. The number of amides is 1. The monoisotopic (exact) mass is 265 g/mol. The maximum atomic E-state index is 11.8. The van der Waals surface area contributed by atoms with Crippen molar-refractivity contribution in [2.45, 2.75) is 18.2 Å². The molecule has 0 bridgehead atoms. The van der Waals surface area contributed by atoms with E-state index in [4.69, 9.17) is 5.11 Å². The van der Waals surface area contributed by atoms with Crippen molar-refractivity contribution in [1.29, 1.82) is 0 Å². The van der Waals surface area contributed by atoms with Gasteiger partial charge in [0, 0.05) is 23.6 Å². The minimum absolute atomic E-state index is 0.0252. The lowest BCUT2D eigenvalue weighted by molar-refractivity contribution is -0.116. The van der Waals surface area contributed by atoms with Gasteiger partial charge in [-0.15, -0.1) is 11.8 Å². The Balaban J connectivity index is 2.32. The summed E-state index contributed by atoms with van der Waals surface area (Å²) in [5, 5.41) is 8.86. The topological polar surface area (TPSA) is 57.6 Å². The van der Waals surface area contributed by atoms with Gasteiger partial charge >= 0.3 is 0 Å². The summed E-state index contributed by atoms with van der Waals surface area (Å²) in [5.74, 6) is 0.466. The van der Waals surface area contributed by atoms with Crippen LogP contribution in [0.25, 0.3) is 0 Å². The molecule has 96 valence electrons. The number of aliphatic hydroxyl groups excluding tert-OH is 1. The van der Waals surface area contributed by atoms with Crippen LogP contribution in [0.3, 0.4) is 0 Å². The van der Waals surface area contributed by atoms with E-state index in [2.05, 4.69) is 0 Å².